The molecule has 0 aliphatic heterocycles. The molecule has 0 spiro atoms. The molecule has 0 unspecified atom stereocenters. The number of rotatable bonds is 3. The van der Waals surface area contributed by atoms with Crippen molar-refractivity contribution in [2.75, 3.05) is 6.26 Å². The van der Waals surface area contributed by atoms with Crippen LogP contribution in [0.1, 0.15) is 5.56 Å². The van der Waals surface area contributed by atoms with Crippen LogP contribution in [0.25, 0.3) is 0 Å². The van der Waals surface area contributed by atoms with E-state index < -0.39 is 10.0 Å². The molecule has 0 aliphatic rings. The Labute approximate surface area is 97.9 Å². The van der Waals surface area contributed by atoms with Gasteiger partial charge in [-0.2, -0.15) is 5.10 Å². The van der Waals surface area contributed by atoms with Crippen LogP contribution in [0, 0.1) is 0 Å². The molecule has 0 aliphatic carbocycles. The van der Waals surface area contributed by atoms with Crippen molar-refractivity contribution < 1.29 is 8.42 Å². The van der Waals surface area contributed by atoms with Gasteiger partial charge in [-0.3, -0.25) is 0 Å². The lowest BCUT2D eigenvalue weighted by Gasteiger charge is -1.98. The summed E-state index contributed by atoms with van der Waals surface area (Å²) in [6.07, 6.45) is 2.31. The lowest BCUT2D eigenvalue weighted by molar-refractivity contribution is 0.591. The average Bonchev–Trinajstić information content (AvgIpc) is 2.07. The van der Waals surface area contributed by atoms with Crippen LogP contribution in [-0.2, 0) is 10.0 Å². The van der Waals surface area contributed by atoms with Crippen molar-refractivity contribution in [2.24, 2.45) is 5.10 Å². The highest BCUT2D eigenvalue weighted by Gasteiger charge is 1.99. The Morgan fingerprint density at radius 2 is 2.07 bits per heavy atom. The minimum atomic E-state index is -3.33. The van der Waals surface area contributed by atoms with Gasteiger partial charge in [0.25, 0.3) is 0 Å². The quantitative estimate of drug-likeness (QED) is 0.671. The SMILES string of the molecule is CS(=O)(=O)N/N=C\c1ccc(Cl)cc1Cl. The maximum absolute atomic E-state index is 10.7. The van der Waals surface area contributed by atoms with E-state index in [1.807, 2.05) is 4.83 Å². The fourth-order valence-corrected chi connectivity index (χ4v) is 1.50. The molecule has 0 heterocycles. The standard InChI is InChI=1S/C8H8Cl2N2O2S/c1-15(13,14)12-11-5-6-2-3-7(9)4-8(6)10/h2-5,12H,1H3/b11-5-. The third-order valence-corrected chi connectivity index (χ3v) is 2.38. The average molecular weight is 267 g/mol. The summed E-state index contributed by atoms with van der Waals surface area (Å²) in [6, 6.07) is 4.82. The Bertz CT molecular complexity index is 485. The van der Waals surface area contributed by atoms with Crippen molar-refractivity contribution in [2.45, 2.75) is 0 Å². The summed E-state index contributed by atoms with van der Waals surface area (Å²) in [4.78, 5) is 1.96. The van der Waals surface area contributed by atoms with Gasteiger partial charge in [-0.25, -0.2) is 13.2 Å². The third kappa shape index (κ3) is 4.51. The second kappa shape index (κ2) is 4.83. The van der Waals surface area contributed by atoms with Crippen LogP contribution in [0.3, 0.4) is 0 Å². The van der Waals surface area contributed by atoms with Crippen molar-refractivity contribution in [1.82, 2.24) is 4.83 Å². The molecule has 0 aromatic heterocycles. The number of hydrogen-bond acceptors (Lipinski definition) is 3. The third-order valence-electron chi connectivity index (χ3n) is 1.38. The van der Waals surface area contributed by atoms with Crippen LogP contribution in [-0.4, -0.2) is 20.9 Å². The van der Waals surface area contributed by atoms with Gasteiger partial charge in [0.2, 0.25) is 10.0 Å². The predicted molar refractivity (Wildman–Crippen MR) is 62.0 cm³/mol. The number of benzene rings is 1. The Morgan fingerprint density at radius 1 is 1.40 bits per heavy atom. The first-order chi connectivity index (χ1) is 6.88. The number of sulfonamides is 1. The normalized spacial score (nSPS) is 11.9. The van der Waals surface area contributed by atoms with Gasteiger partial charge in [0.15, 0.2) is 0 Å². The molecule has 1 rings (SSSR count). The van der Waals surface area contributed by atoms with Crippen molar-refractivity contribution in [3.63, 3.8) is 0 Å². The van der Waals surface area contributed by atoms with Crippen LogP contribution in [0.4, 0.5) is 0 Å². The molecule has 0 saturated carbocycles. The van der Waals surface area contributed by atoms with E-state index in [-0.39, 0.29) is 0 Å². The van der Waals surface area contributed by atoms with Gasteiger partial charge in [0.1, 0.15) is 0 Å². The van der Waals surface area contributed by atoms with Gasteiger partial charge in [0, 0.05) is 10.6 Å². The zero-order valence-electron chi connectivity index (χ0n) is 7.74. The zero-order valence-corrected chi connectivity index (χ0v) is 10.1. The summed E-state index contributed by atoms with van der Waals surface area (Å²) in [6.45, 7) is 0. The second-order valence-electron chi connectivity index (χ2n) is 2.79. The van der Waals surface area contributed by atoms with E-state index in [4.69, 9.17) is 23.2 Å². The number of nitrogens with one attached hydrogen (secondary N) is 1. The van der Waals surface area contributed by atoms with Gasteiger partial charge >= 0.3 is 0 Å². The van der Waals surface area contributed by atoms with Gasteiger partial charge in [-0.1, -0.05) is 29.3 Å². The van der Waals surface area contributed by atoms with E-state index in [0.717, 1.165) is 6.26 Å². The molecule has 7 heteroatoms. The first-order valence-electron chi connectivity index (χ1n) is 3.83. The topological polar surface area (TPSA) is 58.5 Å². The molecule has 82 valence electrons. The summed E-state index contributed by atoms with van der Waals surface area (Å²) >= 11 is 11.5. The van der Waals surface area contributed by atoms with Gasteiger partial charge in [0.05, 0.1) is 17.5 Å². The second-order valence-corrected chi connectivity index (χ2v) is 5.36. The van der Waals surface area contributed by atoms with Crippen LogP contribution >= 0.6 is 23.2 Å². The molecule has 0 radical (unpaired) electrons. The summed E-state index contributed by atoms with van der Waals surface area (Å²) < 4.78 is 21.4. The minimum absolute atomic E-state index is 0.404. The molecular weight excluding hydrogens is 259 g/mol. The van der Waals surface area contributed by atoms with E-state index in [1.165, 1.54) is 6.21 Å². The molecule has 1 N–H and O–H groups in total. The molecule has 0 amide bonds. The van der Waals surface area contributed by atoms with E-state index in [1.54, 1.807) is 18.2 Å². The van der Waals surface area contributed by atoms with Crippen LogP contribution in [0.5, 0.6) is 0 Å². The van der Waals surface area contributed by atoms with Crippen LogP contribution in [0.2, 0.25) is 10.0 Å². The summed E-state index contributed by atoms with van der Waals surface area (Å²) in [7, 11) is -3.33. The van der Waals surface area contributed by atoms with Gasteiger partial charge in [-0.15, -0.1) is 0 Å². The van der Waals surface area contributed by atoms with Crippen molar-refractivity contribution in [3.05, 3.63) is 33.8 Å². The Balaban J connectivity index is 2.82. The number of hydrazone groups is 1. The highest BCUT2D eigenvalue weighted by atomic mass is 35.5. The lowest BCUT2D eigenvalue weighted by Crippen LogP contribution is -2.15. The minimum Gasteiger partial charge on any atom is -0.206 e. The maximum atomic E-state index is 10.7. The first-order valence-corrected chi connectivity index (χ1v) is 6.48. The molecule has 0 fully saturated rings. The van der Waals surface area contributed by atoms with E-state index in [2.05, 4.69) is 5.10 Å². The molecule has 4 nitrogen and oxygen atoms in total. The van der Waals surface area contributed by atoms with Crippen molar-refractivity contribution >= 4 is 39.4 Å². The van der Waals surface area contributed by atoms with Crippen molar-refractivity contribution in [1.29, 1.82) is 0 Å². The Morgan fingerprint density at radius 3 is 2.60 bits per heavy atom. The fraction of sp³-hybridized carbons (Fsp3) is 0.125. The summed E-state index contributed by atoms with van der Waals surface area (Å²) in [5.41, 5.74) is 0.581. The lowest BCUT2D eigenvalue weighted by atomic mass is 10.2. The monoisotopic (exact) mass is 266 g/mol. The summed E-state index contributed by atoms with van der Waals surface area (Å²) in [5.74, 6) is 0. The molecule has 1 aromatic rings. The molecule has 0 atom stereocenters. The predicted octanol–water partition coefficient (Wildman–Crippen LogP) is 1.88. The molecule has 0 bridgehead atoms. The van der Waals surface area contributed by atoms with E-state index >= 15 is 0 Å². The van der Waals surface area contributed by atoms with E-state index in [0.29, 0.717) is 15.6 Å². The number of halogens is 2. The van der Waals surface area contributed by atoms with E-state index in [9.17, 15) is 8.42 Å². The Hall–Kier alpha value is -0.780. The Kier molecular flexibility index (Phi) is 3.96. The van der Waals surface area contributed by atoms with Crippen molar-refractivity contribution in [3.8, 4) is 0 Å². The molecular formula is C8H8Cl2N2O2S. The maximum Gasteiger partial charge on any atom is 0.244 e. The van der Waals surface area contributed by atoms with Crippen LogP contribution in [0.15, 0.2) is 23.3 Å². The molecule has 0 saturated heterocycles. The highest BCUT2D eigenvalue weighted by Crippen LogP contribution is 2.19. The molecule has 15 heavy (non-hydrogen) atoms. The fourth-order valence-electron chi connectivity index (χ4n) is 0.798. The van der Waals surface area contributed by atoms with Gasteiger partial charge in [-0.05, 0) is 12.1 Å². The number of nitrogens with zero attached hydrogens (tertiary/aromatic N) is 1. The zero-order chi connectivity index (χ0) is 11.5. The van der Waals surface area contributed by atoms with Crippen LogP contribution < -0.4 is 4.83 Å². The largest absolute Gasteiger partial charge is 0.244 e. The summed E-state index contributed by atoms with van der Waals surface area (Å²) in [5, 5.41) is 4.42. The first kappa shape index (κ1) is 12.3. The smallest absolute Gasteiger partial charge is 0.206 e. The highest BCUT2D eigenvalue weighted by molar-refractivity contribution is 7.88. The molecule has 1 aromatic carbocycles. The number of hydrogen-bond donors (Lipinski definition) is 1. The van der Waals surface area contributed by atoms with Gasteiger partial charge < -0.3 is 0 Å².